The van der Waals surface area contributed by atoms with Crippen molar-refractivity contribution in [1.29, 1.82) is 0 Å². The average molecular weight is 240 g/mol. The van der Waals surface area contributed by atoms with E-state index in [1.165, 1.54) is 0 Å². The normalized spacial score (nSPS) is 9.94. The smallest absolute Gasteiger partial charge is 0.336 e. The third-order valence-corrected chi connectivity index (χ3v) is 1.85. The first-order valence-electron chi connectivity index (χ1n) is 4.78. The van der Waals surface area contributed by atoms with Gasteiger partial charge in [0.2, 0.25) is 11.9 Å². The fraction of sp³-hybridized carbons (Fsp3) is 0.500. The maximum atomic E-state index is 11.0. The molecule has 9 nitrogen and oxygen atoms in total. The van der Waals surface area contributed by atoms with Gasteiger partial charge in [-0.2, -0.15) is 20.0 Å². The number of nitrogens with two attached hydrogens (primary N) is 2. The molecule has 0 saturated carbocycles. The highest BCUT2D eigenvalue weighted by Gasteiger charge is 2.16. The zero-order valence-electron chi connectivity index (χ0n) is 10.2. The molecule has 0 saturated heterocycles. The molecule has 1 aromatic rings. The van der Waals surface area contributed by atoms with Crippen molar-refractivity contribution >= 4 is 23.9 Å². The summed E-state index contributed by atoms with van der Waals surface area (Å²) in [6.45, 7) is 0. The van der Waals surface area contributed by atoms with Gasteiger partial charge in [-0.3, -0.25) is 0 Å². The SMILES string of the molecule is CN(C)c1nc(N(C)C)nc(N(N)C(N)=O)n1. The molecule has 0 aliphatic heterocycles. The number of amides is 2. The first-order chi connectivity index (χ1) is 7.82. The molecule has 9 heteroatoms. The van der Waals surface area contributed by atoms with E-state index < -0.39 is 6.03 Å². The van der Waals surface area contributed by atoms with Crippen LogP contribution in [0.4, 0.5) is 22.6 Å². The molecule has 4 N–H and O–H groups in total. The van der Waals surface area contributed by atoms with Crippen molar-refractivity contribution in [1.82, 2.24) is 15.0 Å². The first kappa shape index (κ1) is 12.9. The number of nitrogens with zero attached hydrogens (tertiary/aromatic N) is 6. The molecule has 0 aliphatic rings. The number of hydrazine groups is 1. The number of hydrogen-bond acceptors (Lipinski definition) is 7. The quantitative estimate of drug-likeness (QED) is 0.385. The Kier molecular flexibility index (Phi) is 3.63. The predicted molar refractivity (Wildman–Crippen MR) is 64.7 cm³/mol. The molecule has 17 heavy (non-hydrogen) atoms. The molecule has 0 fully saturated rings. The largest absolute Gasteiger partial charge is 0.350 e. The highest BCUT2D eigenvalue weighted by molar-refractivity contribution is 5.87. The van der Waals surface area contributed by atoms with E-state index in [0.29, 0.717) is 16.9 Å². The van der Waals surface area contributed by atoms with Crippen LogP contribution in [0.1, 0.15) is 0 Å². The Hall–Kier alpha value is -2.16. The third-order valence-electron chi connectivity index (χ3n) is 1.85. The summed E-state index contributed by atoms with van der Waals surface area (Å²) in [7, 11) is 7.07. The third kappa shape index (κ3) is 2.91. The topological polar surface area (TPSA) is 118 Å². The molecule has 0 aliphatic carbocycles. The van der Waals surface area contributed by atoms with Crippen molar-refractivity contribution in [2.24, 2.45) is 11.6 Å². The van der Waals surface area contributed by atoms with Crippen LogP contribution in [0, 0.1) is 0 Å². The Morgan fingerprint density at radius 3 is 1.59 bits per heavy atom. The van der Waals surface area contributed by atoms with Crippen LogP contribution < -0.4 is 26.4 Å². The molecular weight excluding hydrogens is 224 g/mol. The van der Waals surface area contributed by atoms with Crippen molar-refractivity contribution in [3.63, 3.8) is 0 Å². The van der Waals surface area contributed by atoms with Crippen LogP contribution in [0.5, 0.6) is 0 Å². The second kappa shape index (κ2) is 4.78. The Morgan fingerprint density at radius 2 is 1.29 bits per heavy atom. The molecule has 1 rings (SSSR count). The number of anilines is 3. The minimum atomic E-state index is -0.842. The molecule has 1 aromatic heterocycles. The van der Waals surface area contributed by atoms with Crippen molar-refractivity contribution in [3.05, 3.63) is 0 Å². The van der Waals surface area contributed by atoms with E-state index in [9.17, 15) is 4.79 Å². The minimum absolute atomic E-state index is 0.0000926. The molecule has 0 bridgehead atoms. The van der Waals surface area contributed by atoms with Crippen LogP contribution in [0.2, 0.25) is 0 Å². The van der Waals surface area contributed by atoms with Crippen LogP contribution in [0.3, 0.4) is 0 Å². The van der Waals surface area contributed by atoms with E-state index >= 15 is 0 Å². The van der Waals surface area contributed by atoms with Crippen LogP contribution in [0.25, 0.3) is 0 Å². The number of aromatic nitrogens is 3. The first-order valence-corrected chi connectivity index (χ1v) is 4.78. The van der Waals surface area contributed by atoms with E-state index in [0.717, 1.165) is 0 Å². The van der Waals surface area contributed by atoms with E-state index in [1.54, 1.807) is 38.0 Å². The lowest BCUT2D eigenvalue weighted by molar-refractivity contribution is 0.253. The van der Waals surface area contributed by atoms with Gasteiger partial charge in [-0.1, -0.05) is 0 Å². The van der Waals surface area contributed by atoms with Gasteiger partial charge in [0.1, 0.15) is 0 Å². The molecule has 0 radical (unpaired) electrons. The number of urea groups is 1. The molecule has 94 valence electrons. The highest BCUT2D eigenvalue weighted by atomic mass is 16.2. The van der Waals surface area contributed by atoms with Crippen LogP contribution in [-0.4, -0.2) is 49.2 Å². The summed E-state index contributed by atoms with van der Waals surface area (Å²) in [6.07, 6.45) is 0. The minimum Gasteiger partial charge on any atom is -0.350 e. The molecule has 0 spiro atoms. The number of carbonyl (C=O) groups is 1. The number of rotatable bonds is 3. The zero-order chi connectivity index (χ0) is 13.2. The van der Waals surface area contributed by atoms with Gasteiger partial charge in [-0.25, -0.2) is 10.6 Å². The van der Waals surface area contributed by atoms with Gasteiger partial charge in [0.05, 0.1) is 0 Å². The summed E-state index contributed by atoms with van der Waals surface area (Å²) in [6, 6.07) is -0.842. The monoisotopic (exact) mass is 240 g/mol. The summed E-state index contributed by atoms with van der Waals surface area (Å²) in [4.78, 5) is 26.5. The Morgan fingerprint density at radius 1 is 0.941 bits per heavy atom. The van der Waals surface area contributed by atoms with Gasteiger partial charge < -0.3 is 15.5 Å². The summed E-state index contributed by atoms with van der Waals surface area (Å²) in [5.41, 5.74) is 5.05. The van der Waals surface area contributed by atoms with E-state index in [4.69, 9.17) is 11.6 Å². The summed E-state index contributed by atoms with van der Waals surface area (Å²) in [5.74, 6) is 6.21. The van der Waals surface area contributed by atoms with Gasteiger partial charge in [0, 0.05) is 28.2 Å². The number of hydrogen-bond donors (Lipinski definition) is 2. The van der Waals surface area contributed by atoms with Crippen molar-refractivity contribution in [2.45, 2.75) is 0 Å². The molecule has 0 aromatic carbocycles. The predicted octanol–water partition coefficient (Wildman–Crippen LogP) is -1.24. The average Bonchev–Trinajstić information content (AvgIpc) is 2.27. The van der Waals surface area contributed by atoms with Gasteiger partial charge in [-0.15, -0.1) is 0 Å². The van der Waals surface area contributed by atoms with Crippen LogP contribution >= 0.6 is 0 Å². The van der Waals surface area contributed by atoms with Crippen molar-refractivity contribution < 1.29 is 4.79 Å². The standard InChI is InChI=1S/C8H16N8O/c1-14(2)6-11-7(15(3)4)13-8(12-6)16(10)5(9)17/h10H2,1-4H3,(H2,9,17). The van der Waals surface area contributed by atoms with Crippen LogP contribution in [-0.2, 0) is 0 Å². The Labute approximate surface area is 99.0 Å². The summed E-state index contributed by atoms with van der Waals surface area (Å²) in [5, 5.41) is 0.668. The van der Waals surface area contributed by atoms with E-state index in [-0.39, 0.29) is 5.95 Å². The van der Waals surface area contributed by atoms with Gasteiger partial charge >= 0.3 is 6.03 Å². The number of primary amides is 1. The molecule has 2 amide bonds. The maximum Gasteiger partial charge on any atom is 0.336 e. The highest BCUT2D eigenvalue weighted by Crippen LogP contribution is 2.14. The second-order valence-electron chi connectivity index (χ2n) is 3.73. The Bertz CT molecular complexity index is 392. The van der Waals surface area contributed by atoms with Crippen molar-refractivity contribution in [2.75, 3.05) is 43.0 Å². The second-order valence-corrected chi connectivity index (χ2v) is 3.73. The van der Waals surface area contributed by atoms with E-state index in [2.05, 4.69) is 15.0 Å². The summed E-state index contributed by atoms with van der Waals surface area (Å²) < 4.78 is 0. The lowest BCUT2D eigenvalue weighted by Gasteiger charge is -2.18. The molecule has 0 atom stereocenters. The summed E-state index contributed by atoms with van der Waals surface area (Å²) >= 11 is 0. The molecular formula is C8H16N8O. The fourth-order valence-corrected chi connectivity index (χ4v) is 0.950. The van der Waals surface area contributed by atoms with Gasteiger partial charge in [-0.05, 0) is 0 Å². The van der Waals surface area contributed by atoms with Gasteiger partial charge in [0.25, 0.3) is 5.95 Å². The maximum absolute atomic E-state index is 11.0. The lowest BCUT2D eigenvalue weighted by atomic mass is 10.7. The van der Waals surface area contributed by atoms with Gasteiger partial charge in [0.15, 0.2) is 0 Å². The fourth-order valence-electron chi connectivity index (χ4n) is 0.950. The van der Waals surface area contributed by atoms with Crippen molar-refractivity contribution in [3.8, 4) is 0 Å². The molecule has 1 heterocycles. The van der Waals surface area contributed by atoms with Crippen LogP contribution in [0.15, 0.2) is 0 Å². The zero-order valence-corrected chi connectivity index (χ0v) is 10.2. The molecule has 0 unspecified atom stereocenters. The Balaban J connectivity index is 3.26. The number of carbonyl (C=O) groups excluding carboxylic acids is 1. The lowest BCUT2D eigenvalue weighted by Crippen LogP contribution is -2.43. The van der Waals surface area contributed by atoms with E-state index in [1.807, 2.05) is 0 Å².